The van der Waals surface area contributed by atoms with Gasteiger partial charge in [0.2, 0.25) is 0 Å². The lowest BCUT2D eigenvalue weighted by Gasteiger charge is -2.23. The van der Waals surface area contributed by atoms with Crippen molar-refractivity contribution in [3.05, 3.63) is 54.6 Å². The number of carbonyl (C=O) groups excluding carboxylic acids is 1. The number of rotatable bonds is 6. The summed E-state index contributed by atoms with van der Waals surface area (Å²) in [6.45, 7) is 4.28. The molecule has 4 rings (SSSR count). The number of fused-ring (bicyclic) bond motifs is 1. The fourth-order valence-electron chi connectivity index (χ4n) is 4.29. The highest BCUT2D eigenvalue weighted by molar-refractivity contribution is 6.42. The van der Waals surface area contributed by atoms with E-state index in [1.807, 2.05) is 48.7 Å². The van der Waals surface area contributed by atoms with Gasteiger partial charge in [0.05, 0.1) is 26.4 Å². The van der Waals surface area contributed by atoms with Crippen LogP contribution in [0.15, 0.2) is 53.9 Å². The number of benzene rings is 2. The Hall–Kier alpha value is -3.35. The molecule has 0 radical (unpaired) electrons. The van der Waals surface area contributed by atoms with Crippen molar-refractivity contribution in [2.75, 3.05) is 36.7 Å². The third kappa shape index (κ3) is 4.00. The summed E-state index contributed by atoms with van der Waals surface area (Å²) in [6.07, 6.45) is 6.25. The molecule has 1 aliphatic rings. The van der Waals surface area contributed by atoms with E-state index >= 15 is 0 Å². The average molecular weight is 421 g/mol. The van der Waals surface area contributed by atoms with Crippen LogP contribution in [-0.2, 0) is 23.6 Å². The molecule has 0 saturated carbocycles. The number of imidazole rings is 1. The van der Waals surface area contributed by atoms with Crippen LogP contribution >= 0.6 is 0 Å². The van der Waals surface area contributed by atoms with Gasteiger partial charge in [0, 0.05) is 36.6 Å². The van der Waals surface area contributed by atoms with E-state index < -0.39 is 5.97 Å². The maximum Gasteiger partial charge on any atom is 0.367 e. The van der Waals surface area contributed by atoms with Gasteiger partial charge in [0.1, 0.15) is 12.4 Å². The molecule has 1 aliphatic heterocycles. The van der Waals surface area contributed by atoms with Crippen LogP contribution in [0.5, 0.6) is 0 Å². The van der Waals surface area contributed by atoms with Crippen LogP contribution in [0.2, 0.25) is 0 Å². The normalized spacial score (nSPS) is 14.3. The lowest BCUT2D eigenvalue weighted by molar-refractivity contribution is -0.672. The van der Waals surface area contributed by atoms with Gasteiger partial charge in [-0.2, -0.15) is 5.10 Å². The fourth-order valence-corrected chi connectivity index (χ4v) is 4.29. The van der Waals surface area contributed by atoms with E-state index in [9.17, 15) is 4.79 Å². The Morgan fingerprint density at radius 3 is 2.52 bits per heavy atom. The highest BCUT2D eigenvalue weighted by atomic mass is 16.5. The van der Waals surface area contributed by atoms with Crippen molar-refractivity contribution in [3.63, 3.8) is 0 Å². The van der Waals surface area contributed by atoms with Crippen LogP contribution in [0.1, 0.15) is 25.6 Å². The minimum absolute atomic E-state index is 0.270. The largest absolute Gasteiger partial charge is 0.461 e. The van der Waals surface area contributed by atoms with Crippen molar-refractivity contribution in [1.29, 1.82) is 0 Å². The van der Waals surface area contributed by atoms with Crippen molar-refractivity contribution in [2.45, 2.75) is 19.8 Å². The second kappa shape index (κ2) is 8.79. The first-order chi connectivity index (χ1) is 15.0. The third-order valence-corrected chi connectivity index (χ3v) is 5.79. The molecule has 0 unspecified atom stereocenters. The number of hydrogen-bond donors (Lipinski definition) is 0. The quantitative estimate of drug-likeness (QED) is 0.266. The molecule has 1 saturated heterocycles. The molecule has 0 amide bonds. The second-order valence-corrected chi connectivity index (χ2v) is 7.88. The van der Waals surface area contributed by atoms with Crippen molar-refractivity contribution in [2.24, 2.45) is 19.2 Å². The monoisotopic (exact) mass is 420 g/mol. The van der Waals surface area contributed by atoms with E-state index in [0.717, 1.165) is 24.2 Å². The second-order valence-electron chi connectivity index (χ2n) is 7.88. The molecule has 0 aliphatic carbocycles. The zero-order chi connectivity index (χ0) is 22.0. The van der Waals surface area contributed by atoms with Crippen LogP contribution in [-0.4, -0.2) is 43.0 Å². The van der Waals surface area contributed by atoms with Crippen LogP contribution in [0.4, 0.5) is 11.4 Å². The first-order valence-electron chi connectivity index (χ1n) is 10.8. The van der Waals surface area contributed by atoms with Gasteiger partial charge in [-0.05, 0) is 31.9 Å². The predicted octanol–water partition coefficient (Wildman–Crippen LogP) is 3.01. The van der Waals surface area contributed by atoms with Crippen LogP contribution < -0.4 is 14.5 Å². The number of esters is 1. The van der Waals surface area contributed by atoms with E-state index in [2.05, 4.69) is 35.2 Å². The van der Waals surface area contributed by atoms with Crippen LogP contribution in [0.25, 0.3) is 10.8 Å². The van der Waals surface area contributed by atoms with E-state index in [1.54, 1.807) is 11.9 Å². The lowest BCUT2D eigenvalue weighted by atomic mass is 10.1. The number of nitrogens with zero attached hydrogens (tertiary/aromatic N) is 5. The number of aromatic nitrogens is 2. The number of ether oxygens (including phenoxy) is 1. The number of hydrogen-bond acceptors (Lipinski definition) is 5. The first kappa shape index (κ1) is 20.9. The summed E-state index contributed by atoms with van der Waals surface area (Å²) >= 11 is 0. The Morgan fingerprint density at radius 1 is 1.16 bits per heavy atom. The van der Waals surface area contributed by atoms with Crippen molar-refractivity contribution in [3.8, 4) is 0 Å². The molecule has 2 aromatic carbocycles. The zero-order valence-corrected chi connectivity index (χ0v) is 18.7. The zero-order valence-electron chi connectivity index (χ0n) is 18.7. The molecule has 1 fully saturated rings. The minimum atomic E-state index is -0.440. The molecule has 2 heterocycles. The van der Waals surface area contributed by atoms with Gasteiger partial charge >= 0.3 is 11.8 Å². The number of hydrazone groups is 1. The average Bonchev–Trinajstić information content (AvgIpc) is 3.41. The minimum Gasteiger partial charge on any atom is -0.461 e. The summed E-state index contributed by atoms with van der Waals surface area (Å²) in [6, 6.07) is 12.6. The third-order valence-electron chi connectivity index (χ3n) is 5.79. The van der Waals surface area contributed by atoms with Crippen molar-refractivity contribution in [1.82, 2.24) is 4.57 Å². The Balaban J connectivity index is 1.80. The van der Waals surface area contributed by atoms with Gasteiger partial charge in [-0.3, -0.25) is 5.01 Å². The topological polar surface area (TPSA) is 54.0 Å². The Bertz CT molecular complexity index is 1110. The number of carbonyl (C=O) groups is 1. The van der Waals surface area contributed by atoms with E-state index in [0.29, 0.717) is 12.4 Å². The molecule has 31 heavy (non-hydrogen) atoms. The standard InChI is InChI=1S/C24H30N5O2/c1-5-31-24(30)22(23-26(2)16-17-27(23)3)25-28(4)20-12-13-21(29-14-8-9-15-29)19-11-7-6-10-18(19)20/h6-7,10-13,16-17H,5,8-9,14-15H2,1-4H3/q+1. The summed E-state index contributed by atoms with van der Waals surface area (Å²) in [4.78, 5) is 15.2. The summed E-state index contributed by atoms with van der Waals surface area (Å²) in [5.74, 6) is 0.244. The van der Waals surface area contributed by atoms with Gasteiger partial charge < -0.3 is 9.64 Å². The van der Waals surface area contributed by atoms with Crippen molar-refractivity contribution >= 4 is 33.8 Å². The molecule has 3 aromatic rings. The highest BCUT2D eigenvalue weighted by Crippen LogP contribution is 2.35. The number of anilines is 2. The molecular weight excluding hydrogens is 390 g/mol. The Labute approximate surface area is 183 Å². The summed E-state index contributed by atoms with van der Waals surface area (Å²) in [5, 5.41) is 8.81. The summed E-state index contributed by atoms with van der Waals surface area (Å²) in [5.41, 5.74) is 2.47. The van der Waals surface area contributed by atoms with Gasteiger partial charge in [-0.1, -0.05) is 24.3 Å². The maximum absolute atomic E-state index is 12.8. The molecule has 162 valence electrons. The fraction of sp³-hybridized carbons (Fsp3) is 0.375. The maximum atomic E-state index is 12.8. The number of aryl methyl sites for hydroxylation is 2. The van der Waals surface area contributed by atoms with Gasteiger partial charge in [0.25, 0.3) is 5.71 Å². The van der Waals surface area contributed by atoms with Crippen LogP contribution in [0.3, 0.4) is 0 Å². The lowest BCUT2D eigenvalue weighted by Crippen LogP contribution is -2.39. The van der Waals surface area contributed by atoms with E-state index in [-0.39, 0.29) is 5.71 Å². The van der Waals surface area contributed by atoms with Gasteiger partial charge in [0.15, 0.2) is 0 Å². The predicted molar refractivity (Wildman–Crippen MR) is 124 cm³/mol. The molecule has 0 atom stereocenters. The smallest absolute Gasteiger partial charge is 0.367 e. The summed E-state index contributed by atoms with van der Waals surface area (Å²) in [7, 11) is 5.66. The molecule has 1 aromatic heterocycles. The Kier molecular flexibility index (Phi) is 5.93. The van der Waals surface area contributed by atoms with E-state index in [1.165, 1.54) is 23.9 Å². The van der Waals surface area contributed by atoms with Gasteiger partial charge in [-0.15, -0.1) is 0 Å². The summed E-state index contributed by atoms with van der Waals surface area (Å²) < 4.78 is 9.07. The molecule has 7 heteroatoms. The molecule has 7 nitrogen and oxygen atoms in total. The Morgan fingerprint density at radius 2 is 1.87 bits per heavy atom. The SMILES string of the molecule is CCOC(=O)/C(=N\N(C)c1ccc(N2CCCC2)c2ccccc12)c1n(C)cc[n+]1C. The van der Waals surface area contributed by atoms with Crippen molar-refractivity contribution < 1.29 is 14.1 Å². The molecule has 0 N–H and O–H groups in total. The van der Waals surface area contributed by atoms with Crippen LogP contribution in [0, 0.1) is 0 Å². The highest BCUT2D eigenvalue weighted by Gasteiger charge is 2.29. The van der Waals surface area contributed by atoms with Gasteiger partial charge in [-0.25, -0.2) is 13.9 Å². The molecular formula is C24H30N5O2+. The molecule has 0 bridgehead atoms. The first-order valence-corrected chi connectivity index (χ1v) is 10.8. The molecule has 0 spiro atoms. The van der Waals surface area contributed by atoms with E-state index in [4.69, 9.17) is 9.84 Å².